The minimum absolute atomic E-state index is 0.317. The third-order valence-corrected chi connectivity index (χ3v) is 4.38. The molecule has 1 aromatic heterocycles. The molecular weight excluding hydrogens is 204 g/mol. The van der Waals surface area contributed by atoms with Gasteiger partial charge in [-0.3, -0.25) is 0 Å². The van der Waals surface area contributed by atoms with Crippen molar-refractivity contribution >= 4 is 11.3 Å². The maximum atomic E-state index is 5.49. The average molecular weight is 224 g/mol. The molecule has 0 aliphatic heterocycles. The predicted octanol–water partition coefficient (Wildman–Crippen LogP) is 2.65. The number of hydrogen-bond donors (Lipinski definition) is 1. The lowest BCUT2D eigenvalue weighted by atomic mass is 9.91. The molecule has 0 saturated carbocycles. The fraction of sp³-hybridized carbons (Fsp3) is 0.750. The maximum Gasteiger partial charge on any atom is 0.0931 e. The molecule has 0 bridgehead atoms. The lowest BCUT2D eigenvalue weighted by molar-refractivity contribution is 0.508. The average Bonchev–Trinajstić information content (AvgIpc) is 2.69. The van der Waals surface area contributed by atoms with Crippen LogP contribution in [0, 0.1) is 0 Å². The molecule has 2 N–H and O–H groups in total. The van der Waals surface area contributed by atoms with Crippen LogP contribution in [0.1, 0.15) is 48.7 Å². The first-order valence-corrected chi connectivity index (χ1v) is 6.64. The fourth-order valence-corrected chi connectivity index (χ4v) is 3.46. The lowest BCUT2D eigenvalue weighted by Gasteiger charge is -2.15. The van der Waals surface area contributed by atoms with Crippen molar-refractivity contribution in [2.75, 3.05) is 6.54 Å². The Balaban J connectivity index is 2.05. The Labute approximate surface area is 95.9 Å². The minimum atomic E-state index is 0.317. The molecule has 1 heterocycles. The SMILES string of the molecule is CC1(C)CCc2sc(CCCCN)nc21. The van der Waals surface area contributed by atoms with Crippen LogP contribution in [-0.4, -0.2) is 11.5 Å². The van der Waals surface area contributed by atoms with Crippen LogP contribution >= 0.6 is 11.3 Å². The second-order valence-electron chi connectivity index (χ2n) is 5.01. The summed E-state index contributed by atoms with van der Waals surface area (Å²) in [5.74, 6) is 0. The second kappa shape index (κ2) is 4.22. The van der Waals surface area contributed by atoms with Crippen molar-refractivity contribution in [1.29, 1.82) is 0 Å². The van der Waals surface area contributed by atoms with Crippen molar-refractivity contribution in [3.05, 3.63) is 15.6 Å². The summed E-state index contributed by atoms with van der Waals surface area (Å²) in [6.45, 7) is 5.42. The monoisotopic (exact) mass is 224 g/mol. The van der Waals surface area contributed by atoms with Crippen molar-refractivity contribution < 1.29 is 0 Å². The number of rotatable bonds is 4. The number of fused-ring (bicyclic) bond motifs is 1. The molecule has 0 unspecified atom stereocenters. The molecule has 1 aliphatic rings. The number of nitrogens with zero attached hydrogens (tertiary/aromatic N) is 1. The Kier molecular flexibility index (Phi) is 3.12. The summed E-state index contributed by atoms with van der Waals surface area (Å²) < 4.78 is 0. The largest absolute Gasteiger partial charge is 0.330 e. The first-order chi connectivity index (χ1) is 7.13. The first kappa shape index (κ1) is 11.1. The van der Waals surface area contributed by atoms with E-state index in [0.717, 1.165) is 19.4 Å². The van der Waals surface area contributed by atoms with E-state index in [1.54, 1.807) is 0 Å². The van der Waals surface area contributed by atoms with Gasteiger partial charge < -0.3 is 5.73 Å². The van der Waals surface area contributed by atoms with E-state index in [4.69, 9.17) is 10.7 Å². The van der Waals surface area contributed by atoms with Gasteiger partial charge in [-0.25, -0.2) is 4.98 Å². The molecule has 0 saturated heterocycles. The number of hydrogen-bond acceptors (Lipinski definition) is 3. The molecule has 0 radical (unpaired) electrons. The second-order valence-corrected chi connectivity index (χ2v) is 6.18. The Morgan fingerprint density at radius 1 is 1.40 bits per heavy atom. The summed E-state index contributed by atoms with van der Waals surface area (Å²) in [7, 11) is 0. The van der Waals surface area contributed by atoms with Gasteiger partial charge in [-0.1, -0.05) is 13.8 Å². The van der Waals surface area contributed by atoms with Gasteiger partial charge in [0.25, 0.3) is 0 Å². The topological polar surface area (TPSA) is 38.9 Å². The van der Waals surface area contributed by atoms with Gasteiger partial charge in [0.2, 0.25) is 0 Å². The molecule has 0 atom stereocenters. The number of nitrogens with two attached hydrogens (primary N) is 1. The summed E-state index contributed by atoms with van der Waals surface area (Å²) >= 11 is 1.92. The summed E-state index contributed by atoms with van der Waals surface area (Å²) in [5.41, 5.74) is 7.18. The number of aromatic nitrogens is 1. The van der Waals surface area contributed by atoms with Crippen molar-refractivity contribution in [2.24, 2.45) is 5.73 Å². The normalized spacial score (nSPS) is 18.1. The third-order valence-electron chi connectivity index (χ3n) is 3.20. The van der Waals surface area contributed by atoms with Crippen LogP contribution < -0.4 is 5.73 Å². The van der Waals surface area contributed by atoms with Gasteiger partial charge in [0.15, 0.2) is 0 Å². The van der Waals surface area contributed by atoms with E-state index in [0.29, 0.717) is 5.41 Å². The zero-order chi connectivity index (χ0) is 10.9. The van der Waals surface area contributed by atoms with Crippen molar-refractivity contribution in [1.82, 2.24) is 4.98 Å². The third kappa shape index (κ3) is 2.23. The van der Waals surface area contributed by atoms with Gasteiger partial charge in [-0.15, -0.1) is 11.3 Å². The van der Waals surface area contributed by atoms with E-state index >= 15 is 0 Å². The molecule has 0 aromatic carbocycles. The highest BCUT2D eigenvalue weighted by atomic mass is 32.1. The van der Waals surface area contributed by atoms with Gasteiger partial charge in [0.1, 0.15) is 0 Å². The molecule has 1 aromatic rings. The van der Waals surface area contributed by atoms with E-state index < -0.39 is 0 Å². The van der Waals surface area contributed by atoms with E-state index in [1.807, 2.05) is 11.3 Å². The summed E-state index contributed by atoms with van der Waals surface area (Å²) in [6, 6.07) is 0. The molecule has 0 amide bonds. The highest BCUT2D eigenvalue weighted by molar-refractivity contribution is 7.11. The van der Waals surface area contributed by atoms with E-state index in [1.165, 1.54) is 34.8 Å². The van der Waals surface area contributed by atoms with Crippen LogP contribution in [0.3, 0.4) is 0 Å². The number of thiazole rings is 1. The smallest absolute Gasteiger partial charge is 0.0931 e. The summed E-state index contributed by atoms with van der Waals surface area (Å²) in [5, 5.41) is 1.32. The van der Waals surface area contributed by atoms with Gasteiger partial charge >= 0.3 is 0 Å². The van der Waals surface area contributed by atoms with Crippen LogP contribution in [-0.2, 0) is 18.3 Å². The highest BCUT2D eigenvalue weighted by Gasteiger charge is 2.33. The maximum absolute atomic E-state index is 5.49. The zero-order valence-corrected chi connectivity index (χ0v) is 10.5. The first-order valence-electron chi connectivity index (χ1n) is 5.82. The Morgan fingerprint density at radius 2 is 2.20 bits per heavy atom. The Morgan fingerprint density at radius 3 is 2.87 bits per heavy atom. The number of unbranched alkanes of at least 4 members (excludes halogenated alkanes) is 1. The molecule has 0 fully saturated rings. The molecule has 1 aliphatic carbocycles. The van der Waals surface area contributed by atoms with Crippen molar-refractivity contribution in [3.8, 4) is 0 Å². The van der Waals surface area contributed by atoms with E-state index in [9.17, 15) is 0 Å². The fourth-order valence-electron chi connectivity index (χ4n) is 2.17. The van der Waals surface area contributed by atoms with E-state index in [-0.39, 0.29) is 0 Å². The van der Waals surface area contributed by atoms with Gasteiger partial charge in [0.05, 0.1) is 10.7 Å². The molecule has 2 nitrogen and oxygen atoms in total. The molecule has 2 rings (SSSR count). The molecule has 0 spiro atoms. The van der Waals surface area contributed by atoms with Crippen LogP contribution in [0.5, 0.6) is 0 Å². The standard InChI is InChI=1S/C12H20N2S/c1-12(2)7-6-9-11(12)14-10(15-9)5-3-4-8-13/h3-8,13H2,1-2H3. The predicted molar refractivity (Wildman–Crippen MR) is 65.5 cm³/mol. The van der Waals surface area contributed by atoms with Gasteiger partial charge in [0, 0.05) is 10.3 Å². The Bertz CT molecular complexity index is 341. The molecule has 84 valence electrons. The van der Waals surface area contributed by atoms with Crippen LogP contribution in [0.4, 0.5) is 0 Å². The van der Waals surface area contributed by atoms with E-state index in [2.05, 4.69) is 13.8 Å². The quantitative estimate of drug-likeness (QED) is 0.799. The van der Waals surface area contributed by atoms with Crippen molar-refractivity contribution in [2.45, 2.75) is 51.4 Å². The van der Waals surface area contributed by atoms with Crippen LogP contribution in [0.2, 0.25) is 0 Å². The van der Waals surface area contributed by atoms with Gasteiger partial charge in [-0.05, 0) is 38.6 Å². The zero-order valence-electron chi connectivity index (χ0n) is 9.68. The van der Waals surface area contributed by atoms with Crippen LogP contribution in [0.15, 0.2) is 0 Å². The lowest BCUT2D eigenvalue weighted by Crippen LogP contribution is -2.13. The molecule has 15 heavy (non-hydrogen) atoms. The summed E-state index contributed by atoms with van der Waals surface area (Å²) in [4.78, 5) is 6.32. The molecular formula is C12H20N2S. The van der Waals surface area contributed by atoms with Crippen LogP contribution in [0.25, 0.3) is 0 Å². The minimum Gasteiger partial charge on any atom is -0.330 e. The molecule has 3 heteroatoms. The van der Waals surface area contributed by atoms with Crippen molar-refractivity contribution in [3.63, 3.8) is 0 Å². The Hall–Kier alpha value is -0.410. The number of aryl methyl sites for hydroxylation is 2. The highest BCUT2D eigenvalue weighted by Crippen LogP contribution is 2.40. The van der Waals surface area contributed by atoms with Gasteiger partial charge in [-0.2, -0.15) is 0 Å². The summed E-state index contributed by atoms with van der Waals surface area (Å²) in [6.07, 6.45) is 5.92.